The molecule has 0 saturated carbocycles. The predicted molar refractivity (Wildman–Crippen MR) is 73.2 cm³/mol. The number of amides is 2. The Morgan fingerprint density at radius 3 is 2.74 bits per heavy atom. The summed E-state index contributed by atoms with van der Waals surface area (Å²) >= 11 is 1.54. The summed E-state index contributed by atoms with van der Waals surface area (Å²) in [5, 5.41) is 14.3. The van der Waals surface area contributed by atoms with Crippen LogP contribution in [0.2, 0.25) is 0 Å². The number of hydrogen-bond acceptors (Lipinski definition) is 4. The van der Waals surface area contributed by atoms with Crippen LogP contribution in [0, 0.1) is 6.92 Å². The third-order valence-electron chi connectivity index (χ3n) is 2.65. The van der Waals surface area contributed by atoms with Gasteiger partial charge in [-0.2, -0.15) is 0 Å². The monoisotopic (exact) mass is 285 g/mol. The first kappa shape index (κ1) is 15.4. The number of aryl methyl sites for hydroxylation is 1. The zero-order valence-corrected chi connectivity index (χ0v) is 12.2. The molecule has 1 atom stereocenters. The van der Waals surface area contributed by atoms with Crippen LogP contribution in [0.1, 0.15) is 30.5 Å². The van der Waals surface area contributed by atoms with Gasteiger partial charge in [0.1, 0.15) is 0 Å². The fourth-order valence-electron chi connectivity index (χ4n) is 1.59. The van der Waals surface area contributed by atoms with Crippen LogP contribution in [0.3, 0.4) is 0 Å². The Morgan fingerprint density at radius 2 is 2.26 bits per heavy atom. The second kappa shape index (κ2) is 7.08. The molecule has 7 heteroatoms. The van der Waals surface area contributed by atoms with Crippen molar-refractivity contribution in [2.24, 2.45) is 0 Å². The SMILES string of the molecule is CCC(CC(=O)O)NC(=O)N(C)Cc1csc(C)n1. The number of aromatic nitrogens is 1. The van der Waals surface area contributed by atoms with Crippen LogP contribution in [0.15, 0.2) is 5.38 Å². The van der Waals surface area contributed by atoms with E-state index in [-0.39, 0.29) is 18.5 Å². The minimum absolute atomic E-state index is 0.0636. The van der Waals surface area contributed by atoms with E-state index in [9.17, 15) is 9.59 Å². The predicted octanol–water partition coefficient (Wildman–Crippen LogP) is 1.85. The molecule has 2 amide bonds. The van der Waals surface area contributed by atoms with Gasteiger partial charge in [-0.15, -0.1) is 11.3 Å². The van der Waals surface area contributed by atoms with Crippen LogP contribution in [0.4, 0.5) is 4.79 Å². The van der Waals surface area contributed by atoms with Crippen molar-refractivity contribution >= 4 is 23.3 Å². The van der Waals surface area contributed by atoms with Crippen molar-refractivity contribution in [2.75, 3.05) is 7.05 Å². The van der Waals surface area contributed by atoms with Crippen LogP contribution in [0.5, 0.6) is 0 Å². The number of carbonyl (C=O) groups excluding carboxylic acids is 1. The van der Waals surface area contributed by atoms with Crippen LogP contribution >= 0.6 is 11.3 Å². The number of carboxylic acid groups (broad SMARTS) is 1. The quantitative estimate of drug-likeness (QED) is 0.835. The lowest BCUT2D eigenvalue weighted by molar-refractivity contribution is -0.137. The lowest BCUT2D eigenvalue weighted by Crippen LogP contribution is -2.43. The Hall–Kier alpha value is -1.63. The molecule has 1 aromatic rings. The Morgan fingerprint density at radius 1 is 1.58 bits per heavy atom. The maximum Gasteiger partial charge on any atom is 0.317 e. The molecule has 0 radical (unpaired) electrons. The summed E-state index contributed by atoms with van der Waals surface area (Å²) in [6, 6.07) is -0.622. The van der Waals surface area contributed by atoms with E-state index < -0.39 is 5.97 Å². The lowest BCUT2D eigenvalue weighted by Gasteiger charge is -2.21. The van der Waals surface area contributed by atoms with Gasteiger partial charge in [0.15, 0.2) is 0 Å². The Labute approximate surface area is 116 Å². The summed E-state index contributed by atoms with van der Waals surface area (Å²) in [4.78, 5) is 28.3. The summed E-state index contributed by atoms with van der Waals surface area (Å²) in [5.74, 6) is -0.912. The van der Waals surface area contributed by atoms with Gasteiger partial charge in [0.05, 0.1) is 23.7 Å². The molecule has 0 bridgehead atoms. The summed E-state index contributed by atoms with van der Waals surface area (Å²) in [6.07, 6.45) is 0.521. The summed E-state index contributed by atoms with van der Waals surface area (Å²) < 4.78 is 0. The van der Waals surface area contributed by atoms with Crippen molar-refractivity contribution in [1.82, 2.24) is 15.2 Å². The number of carbonyl (C=O) groups is 2. The maximum atomic E-state index is 11.9. The molecular weight excluding hydrogens is 266 g/mol. The number of nitrogens with zero attached hydrogens (tertiary/aromatic N) is 2. The van der Waals surface area contributed by atoms with Gasteiger partial charge in [-0.3, -0.25) is 4.79 Å². The van der Waals surface area contributed by atoms with Gasteiger partial charge in [-0.1, -0.05) is 6.92 Å². The largest absolute Gasteiger partial charge is 0.481 e. The Balaban J connectivity index is 2.49. The van der Waals surface area contributed by atoms with Crippen molar-refractivity contribution in [3.05, 3.63) is 16.1 Å². The number of carboxylic acids is 1. The second-order valence-electron chi connectivity index (χ2n) is 4.37. The Bertz CT molecular complexity index is 447. The van der Waals surface area contributed by atoms with Crippen molar-refractivity contribution in [2.45, 2.75) is 39.3 Å². The lowest BCUT2D eigenvalue weighted by atomic mass is 10.1. The van der Waals surface area contributed by atoms with Crippen LogP contribution in [-0.2, 0) is 11.3 Å². The number of hydrogen-bond donors (Lipinski definition) is 2. The van der Waals surface area contributed by atoms with Crippen molar-refractivity contribution in [3.63, 3.8) is 0 Å². The van der Waals surface area contributed by atoms with Crippen LogP contribution < -0.4 is 5.32 Å². The number of nitrogens with one attached hydrogen (secondary N) is 1. The molecule has 1 rings (SSSR count). The van der Waals surface area contributed by atoms with Gasteiger partial charge in [0, 0.05) is 18.5 Å². The number of thiazole rings is 1. The molecular formula is C12H19N3O3S. The highest BCUT2D eigenvalue weighted by atomic mass is 32.1. The average molecular weight is 285 g/mol. The van der Waals surface area contributed by atoms with Gasteiger partial charge in [0.25, 0.3) is 0 Å². The number of rotatable bonds is 6. The molecule has 0 aliphatic rings. The van der Waals surface area contributed by atoms with Gasteiger partial charge >= 0.3 is 12.0 Å². The molecule has 0 spiro atoms. The maximum absolute atomic E-state index is 11.9. The first-order valence-electron chi connectivity index (χ1n) is 6.06. The third-order valence-corrected chi connectivity index (χ3v) is 3.48. The normalized spacial score (nSPS) is 11.9. The van der Waals surface area contributed by atoms with Gasteiger partial charge in [-0.25, -0.2) is 9.78 Å². The highest BCUT2D eigenvalue weighted by Gasteiger charge is 2.17. The highest BCUT2D eigenvalue weighted by Crippen LogP contribution is 2.10. The minimum Gasteiger partial charge on any atom is -0.481 e. The van der Waals surface area contributed by atoms with Gasteiger partial charge in [0.2, 0.25) is 0 Å². The molecule has 106 valence electrons. The summed E-state index contributed by atoms with van der Waals surface area (Å²) in [5.41, 5.74) is 0.839. The molecule has 2 N–H and O–H groups in total. The van der Waals surface area contributed by atoms with E-state index >= 15 is 0 Å². The number of aliphatic carboxylic acids is 1. The molecule has 0 saturated heterocycles. The van der Waals surface area contributed by atoms with Crippen LogP contribution in [0.25, 0.3) is 0 Å². The fourth-order valence-corrected chi connectivity index (χ4v) is 2.19. The average Bonchev–Trinajstić information content (AvgIpc) is 2.73. The van der Waals surface area contributed by atoms with Gasteiger partial charge in [-0.05, 0) is 13.3 Å². The smallest absolute Gasteiger partial charge is 0.317 e. The fraction of sp³-hybridized carbons (Fsp3) is 0.583. The van der Waals surface area contributed by atoms with Crippen molar-refractivity contribution in [1.29, 1.82) is 0 Å². The molecule has 1 heterocycles. The molecule has 0 aromatic carbocycles. The second-order valence-corrected chi connectivity index (χ2v) is 5.43. The van der Waals surface area contributed by atoms with E-state index in [0.717, 1.165) is 10.7 Å². The molecule has 1 aromatic heterocycles. The van der Waals surface area contributed by atoms with Gasteiger partial charge < -0.3 is 15.3 Å². The Kier molecular flexibility index (Phi) is 5.75. The standard InChI is InChI=1S/C12H19N3O3S/c1-4-9(5-11(16)17)14-12(18)15(3)6-10-7-19-8(2)13-10/h7,9H,4-6H2,1-3H3,(H,14,18)(H,16,17). The molecule has 0 aliphatic heterocycles. The minimum atomic E-state index is -0.912. The summed E-state index contributed by atoms with van der Waals surface area (Å²) in [6.45, 7) is 4.17. The zero-order chi connectivity index (χ0) is 14.4. The summed E-state index contributed by atoms with van der Waals surface area (Å²) in [7, 11) is 1.66. The third kappa shape index (κ3) is 5.25. The molecule has 1 unspecified atom stereocenters. The molecule has 19 heavy (non-hydrogen) atoms. The van der Waals surface area contributed by atoms with Crippen molar-refractivity contribution < 1.29 is 14.7 Å². The first-order chi connectivity index (χ1) is 8.92. The van der Waals surface area contributed by atoms with Crippen molar-refractivity contribution in [3.8, 4) is 0 Å². The number of urea groups is 1. The zero-order valence-electron chi connectivity index (χ0n) is 11.3. The van der Waals surface area contributed by atoms with E-state index in [1.165, 1.54) is 16.2 Å². The molecule has 6 nitrogen and oxygen atoms in total. The van der Waals surface area contributed by atoms with E-state index in [2.05, 4.69) is 10.3 Å². The van der Waals surface area contributed by atoms with E-state index in [1.807, 2.05) is 19.2 Å². The first-order valence-corrected chi connectivity index (χ1v) is 6.94. The molecule has 0 fully saturated rings. The van der Waals surface area contributed by atoms with E-state index in [4.69, 9.17) is 5.11 Å². The van der Waals surface area contributed by atoms with E-state index in [0.29, 0.717) is 13.0 Å². The molecule has 0 aliphatic carbocycles. The highest BCUT2D eigenvalue weighted by molar-refractivity contribution is 7.09. The van der Waals surface area contributed by atoms with E-state index in [1.54, 1.807) is 7.05 Å². The topological polar surface area (TPSA) is 82.5 Å². The van der Waals surface area contributed by atoms with Crippen LogP contribution in [-0.4, -0.2) is 40.1 Å².